The van der Waals surface area contributed by atoms with E-state index in [0.717, 1.165) is 5.56 Å². The number of benzene rings is 1. The second-order valence-corrected chi connectivity index (χ2v) is 6.34. The van der Waals surface area contributed by atoms with Gasteiger partial charge in [0.1, 0.15) is 17.1 Å². The van der Waals surface area contributed by atoms with Crippen LogP contribution in [0.2, 0.25) is 0 Å². The van der Waals surface area contributed by atoms with Crippen LogP contribution in [0.4, 0.5) is 4.39 Å². The van der Waals surface area contributed by atoms with E-state index in [2.05, 4.69) is 10.1 Å². The number of carboxylic acids is 1. The Balaban J connectivity index is 2.25. The average Bonchev–Trinajstić information content (AvgIpc) is 3.01. The highest BCUT2D eigenvalue weighted by Gasteiger charge is 2.25. The Labute approximate surface area is 160 Å². The van der Waals surface area contributed by atoms with E-state index in [9.17, 15) is 14.0 Å². The summed E-state index contributed by atoms with van der Waals surface area (Å²) < 4.78 is 20.0. The molecule has 0 unspecified atom stereocenters. The van der Waals surface area contributed by atoms with Crippen molar-refractivity contribution in [3.05, 3.63) is 52.6 Å². The Bertz CT molecular complexity index is 1060. The fraction of sp³-hybridized carbons (Fsp3) is 0.300. The Morgan fingerprint density at radius 2 is 1.89 bits per heavy atom. The van der Waals surface area contributed by atoms with Crippen LogP contribution in [-0.4, -0.2) is 38.3 Å². The first-order valence-corrected chi connectivity index (χ1v) is 8.87. The third kappa shape index (κ3) is 3.58. The largest absolute Gasteiger partial charge is 0.481 e. The number of fused-ring (bicyclic) bond motifs is 1. The zero-order valence-corrected chi connectivity index (χ0v) is 15.8. The van der Waals surface area contributed by atoms with E-state index in [0.29, 0.717) is 34.7 Å². The minimum Gasteiger partial charge on any atom is -0.481 e. The zero-order chi connectivity index (χ0) is 20.4. The lowest BCUT2D eigenvalue weighted by Gasteiger charge is -2.10. The number of hydrogen-bond acceptors (Lipinski definition) is 5. The van der Waals surface area contributed by atoms with Gasteiger partial charge in [-0.25, -0.2) is 18.7 Å². The van der Waals surface area contributed by atoms with Crippen molar-refractivity contribution in [1.29, 1.82) is 0 Å². The van der Waals surface area contributed by atoms with Gasteiger partial charge in [0, 0.05) is 23.4 Å². The number of carbonyl (C=O) groups excluding carboxylic acids is 1. The monoisotopic (exact) mass is 385 g/mol. The summed E-state index contributed by atoms with van der Waals surface area (Å²) in [5.41, 5.74) is 3.50. The molecule has 3 aromatic rings. The molecule has 146 valence electrons. The summed E-state index contributed by atoms with van der Waals surface area (Å²) in [5.74, 6) is -1.87. The van der Waals surface area contributed by atoms with Gasteiger partial charge in [0.2, 0.25) is 0 Å². The summed E-state index contributed by atoms with van der Waals surface area (Å²) in [6.45, 7) is 5.46. The molecular formula is C20H20FN3O4. The van der Waals surface area contributed by atoms with Crippen LogP contribution in [0.3, 0.4) is 0 Å². The zero-order valence-electron chi connectivity index (χ0n) is 15.8. The quantitative estimate of drug-likeness (QED) is 0.654. The molecule has 0 fully saturated rings. The summed E-state index contributed by atoms with van der Waals surface area (Å²) in [7, 11) is 0. The first-order valence-electron chi connectivity index (χ1n) is 8.87. The molecule has 0 bridgehead atoms. The molecule has 1 aromatic carbocycles. The van der Waals surface area contributed by atoms with Gasteiger partial charge in [-0.3, -0.25) is 4.79 Å². The number of halogens is 1. The minimum absolute atomic E-state index is 0.0360. The van der Waals surface area contributed by atoms with Crippen molar-refractivity contribution < 1.29 is 23.8 Å². The molecule has 0 amide bonds. The van der Waals surface area contributed by atoms with Gasteiger partial charge in [-0.05, 0) is 57.0 Å². The smallest absolute Gasteiger partial charge is 0.344 e. The molecule has 1 N–H and O–H groups in total. The second kappa shape index (κ2) is 7.75. The van der Waals surface area contributed by atoms with Crippen LogP contribution in [0.5, 0.6) is 0 Å². The van der Waals surface area contributed by atoms with Crippen LogP contribution in [0.1, 0.15) is 40.7 Å². The van der Waals surface area contributed by atoms with Crippen molar-refractivity contribution in [2.24, 2.45) is 0 Å². The number of rotatable bonds is 6. The Morgan fingerprint density at radius 3 is 2.50 bits per heavy atom. The molecule has 0 atom stereocenters. The summed E-state index contributed by atoms with van der Waals surface area (Å²) >= 11 is 0. The topological polar surface area (TPSA) is 93.8 Å². The fourth-order valence-electron chi connectivity index (χ4n) is 3.16. The summed E-state index contributed by atoms with van der Waals surface area (Å²) in [6, 6.07) is 5.65. The Morgan fingerprint density at radius 1 is 1.21 bits per heavy atom. The van der Waals surface area contributed by atoms with E-state index in [1.54, 1.807) is 20.8 Å². The van der Waals surface area contributed by atoms with Crippen molar-refractivity contribution >= 4 is 17.6 Å². The first kappa shape index (κ1) is 19.5. The van der Waals surface area contributed by atoms with Gasteiger partial charge >= 0.3 is 11.9 Å². The maximum Gasteiger partial charge on any atom is 0.344 e. The highest BCUT2D eigenvalue weighted by Crippen LogP contribution is 2.29. The number of carbonyl (C=O) groups is 2. The first-order chi connectivity index (χ1) is 13.3. The Kier molecular flexibility index (Phi) is 5.39. The van der Waals surface area contributed by atoms with E-state index in [-0.39, 0.29) is 18.6 Å². The van der Waals surface area contributed by atoms with Gasteiger partial charge in [-0.15, -0.1) is 0 Å². The van der Waals surface area contributed by atoms with Crippen molar-refractivity contribution in [3.63, 3.8) is 0 Å². The van der Waals surface area contributed by atoms with Crippen molar-refractivity contribution in [3.8, 4) is 11.3 Å². The SMILES string of the molecule is CCOC(=O)c1c(-c2ccc(F)cc2)nn2c(C)c(CCC(=O)O)c(C)nc12. The number of esters is 1. The number of nitrogens with zero attached hydrogens (tertiary/aromatic N) is 3. The molecule has 8 heteroatoms. The minimum atomic E-state index is -0.904. The number of ether oxygens (including phenoxy) is 1. The van der Waals surface area contributed by atoms with Gasteiger partial charge < -0.3 is 9.84 Å². The number of aryl methyl sites for hydroxylation is 2. The predicted molar refractivity (Wildman–Crippen MR) is 99.8 cm³/mol. The van der Waals surface area contributed by atoms with E-state index in [1.165, 1.54) is 28.8 Å². The lowest BCUT2D eigenvalue weighted by Crippen LogP contribution is -2.10. The van der Waals surface area contributed by atoms with Crippen LogP contribution in [0.15, 0.2) is 24.3 Å². The van der Waals surface area contributed by atoms with Gasteiger partial charge in [-0.1, -0.05) is 0 Å². The van der Waals surface area contributed by atoms with Crippen LogP contribution in [-0.2, 0) is 16.0 Å². The van der Waals surface area contributed by atoms with E-state index >= 15 is 0 Å². The third-order valence-electron chi connectivity index (χ3n) is 4.51. The molecule has 0 aliphatic heterocycles. The number of carboxylic acid groups (broad SMARTS) is 1. The maximum absolute atomic E-state index is 13.3. The summed E-state index contributed by atoms with van der Waals surface area (Å²) in [5, 5.41) is 13.5. The number of hydrogen-bond donors (Lipinski definition) is 1. The summed E-state index contributed by atoms with van der Waals surface area (Å²) in [6.07, 6.45) is 0.266. The van der Waals surface area contributed by atoms with Gasteiger partial charge in [0.25, 0.3) is 0 Å². The second-order valence-electron chi connectivity index (χ2n) is 6.34. The van der Waals surface area contributed by atoms with Gasteiger partial charge in [0.15, 0.2) is 5.65 Å². The number of aromatic nitrogens is 3. The van der Waals surface area contributed by atoms with Crippen LogP contribution >= 0.6 is 0 Å². The summed E-state index contributed by atoms with van der Waals surface area (Å²) in [4.78, 5) is 28.1. The molecular weight excluding hydrogens is 365 g/mol. The van der Waals surface area contributed by atoms with Crippen LogP contribution in [0.25, 0.3) is 16.9 Å². The fourth-order valence-corrected chi connectivity index (χ4v) is 3.16. The van der Waals surface area contributed by atoms with Gasteiger partial charge in [-0.2, -0.15) is 5.10 Å². The van der Waals surface area contributed by atoms with E-state index in [1.807, 2.05) is 0 Å². The van der Waals surface area contributed by atoms with Crippen molar-refractivity contribution in [2.75, 3.05) is 6.61 Å². The molecule has 0 saturated carbocycles. The molecule has 2 heterocycles. The van der Waals surface area contributed by atoms with E-state index in [4.69, 9.17) is 9.84 Å². The molecule has 3 rings (SSSR count). The molecule has 28 heavy (non-hydrogen) atoms. The average molecular weight is 385 g/mol. The van der Waals surface area contributed by atoms with Gasteiger partial charge in [0.05, 0.1) is 6.61 Å². The third-order valence-corrected chi connectivity index (χ3v) is 4.51. The molecule has 0 aliphatic carbocycles. The van der Waals surface area contributed by atoms with Crippen LogP contribution < -0.4 is 0 Å². The van der Waals surface area contributed by atoms with Crippen molar-refractivity contribution in [1.82, 2.24) is 14.6 Å². The maximum atomic E-state index is 13.3. The normalized spacial score (nSPS) is 11.0. The molecule has 0 radical (unpaired) electrons. The standard InChI is InChI=1S/C20H20FN3O4/c1-4-28-20(27)17-18(13-5-7-14(21)8-6-13)23-24-12(3)15(9-10-16(25)26)11(2)22-19(17)24/h5-8H,4,9-10H2,1-3H3,(H,25,26). The lowest BCUT2D eigenvalue weighted by atomic mass is 10.1. The van der Waals surface area contributed by atoms with E-state index < -0.39 is 17.8 Å². The van der Waals surface area contributed by atoms with Crippen LogP contribution in [0, 0.1) is 19.7 Å². The molecule has 7 nitrogen and oxygen atoms in total. The molecule has 0 aliphatic rings. The molecule has 0 saturated heterocycles. The molecule has 0 spiro atoms. The van der Waals surface area contributed by atoms with Crippen molar-refractivity contribution in [2.45, 2.75) is 33.6 Å². The highest BCUT2D eigenvalue weighted by molar-refractivity contribution is 6.02. The Hall–Kier alpha value is -3.29. The lowest BCUT2D eigenvalue weighted by molar-refractivity contribution is -0.136. The highest BCUT2D eigenvalue weighted by atomic mass is 19.1. The molecule has 2 aromatic heterocycles. The number of aliphatic carboxylic acids is 1. The predicted octanol–water partition coefficient (Wildman–Crippen LogP) is 3.35.